The van der Waals surface area contributed by atoms with Crippen molar-refractivity contribution in [2.45, 2.75) is 6.54 Å². The van der Waals surface area contributed by atoms with Gasteiger partial charge in [0, 0.05) is 24.6 Å². The van der Waals surface area contributed by atoms with Gasteiger partial charge in [0.1, 0.15) is 4.99 Å². The number of hydrogen-bond donors (Lipinski definition) is 2. The van der Waals surface area contributed by atoms with Crippen LogP contribution in [0.2, 0.25) is 5.02 Å². The standard InChI is InChI=1S/C12H13ClN4S/c13-9-3-1-4-10(11(9)12(14)18)15-6-8-17-7-2-5-16-17/h1-5,7,15H,6,8H2,(H2,14,18). The van der Waals surface area contributed by atoms with Crippen molar-refractivity contribution in [1.82, 2.24) is 9.78 Å². The number of aromatic nitrogens is 2. The van der Waals surface area contributed by atoms with Crippen molar-refractivity contribution in [2.24, 2.45) is 5.73 Å². The fourth-order valence-corrected chi connectivity index (χ4v) is 2.21. The molecule has 4 nitrogen and oxygen atoms in total. The molecule has 0 radical (unpaired) electrons. The molecular weight excluding hydrogens is 268 g/mol. The molecule has 0 saturated heterocycles. The summed E-state index contributed by atoms with van der Waals surface area (Å²) in [4.78, 5) is 0.294. The van der Waals surface area contributed by atoms with Gasteiger partial charge in [-0.05, 0) is 18.2 Å². The van der Waals surface area contributed by atoms with Gasteiger partial charge in [0.25, 0.3) is 0 Å². The molecule has 0 fully saturated rings. The van der Waals surface area contributed by atoms with E-state index in [0.717, 1.165) is 18.8 Å². The molecule has 1 heterocycles. The van der Waals surface area contributed by atoms with Crippen LogP contribution in [0.25, 0.3) is 0 Å². The van der Waals surface area contributed by atoms with Crippen LogP contribution in [0.5, 0.6) is 0 Å². The van der Waals surface area contributed by atoms with E-state index in [9.17, 15) is 0 Å². The zero-order valence-corrected chi connectivity index (χ0v) is 11.2. The molecule has 0 amide bonds. The largest absolute Gasteiger partial charge is 0.389 e. The van der Waals surface area contributed by atoms with E-state index in [4.69, 9.17) is 29.6 Å². The number of rotatable bonds is 5. The van der Waals surface area contributed by atoms with Gasteiger partial charge < -0.3 is 11.1 Å². The van der Waals surface area contributed by atoms with Crippen molar-refractivity contribution in [2.75, 3.05) is 11.9 Å². The van der Waals surface area contributed by atoms with Crippen LogP contribution < -0.4 is 11.1 Å². The van der Waals surface area contributed by atoms with E-state index in [1.165, 1.54) is 0 Å². The smallest absolute Gasteiger partial charge is 0.107 e. The molecule has 1 aromatic heterocycles. The molecule has 0 aliphatic rings. The van der Waals surface area contributed by atoms with E-state index in [1.54, 1.807) is 12.3 Å². The number of halogens is 1. The lowest BCUT2D eigenvalue weighted by atomic mass is 10.1. The average molecular weight is 281 g/mol. The highest BCUT2D eigenvalue weighted by atomic mass is 35.5. The van der Waals surface area contributed by atoms with E-state index in [2.05, 4.69) is 10.4 Å². The van der Waals surface area contributed by atoms with Crippen LogP contribution in [0, 0.1) is 0 Å². The Hall–Kier alpha value is -1.59. The predicted molar refractivity (Wildman–Crippen MR) is 78.1 cm³/mol. The molecule has 0 bridgehead atoms. The minimum atomic E-state index is 0.294. The molecular formula is C12H13ClN4S. The van der Waals surface area contributed by atoms with E-state index in [0.29, 0.717) is 15.6 Å². The minimum Gasteiger partial charge on any atom is -0.389 e. The summed E-state index contributed by atoms with van der Waals surface area (Å²) in [6.45, 7) is 1.48. The van der Waals surface area contributed by atoms with Gasteiger partial charge in [-0.3, -0.25) is 4.68 Å². The summed E-state index contributed by atoms with van der Waals surface area (Å²) in [5.41, 5.74) is 7.21. The van der Waals surface area contributed by atoms with Crippen LogP contribution >= 0.6 is 23.8 Å². The SMILES string of the molecule is NC(=S)c1c(Cl)cccc1NCCn1cccn1. The predicted octanol–water partition coefficient (Wildman–Crippen LogP) is 2.28. The number of nitrogens with two attached hydrogens (primary N) is 1. The fourth-order valence-electron chi connectivity index (χ4n) is 1.66. The maximum absolute atomic E-state index is 6.08. The molecule has 0 saturated carbocycles. The lowest BCUT2D eigenvalue weighted by molar-refractivity contribution is 0.638. The number of hydrogen-bond acceptors (Lipinski definition) is 3. The Kier molecular flexibility index (Phi) is 4.17. The minimum absolute atomic E-state index is 0.294. The Bertz CT molecular complexity index is 539. The summed E-state index contributed by atoms with van der Waals surface area (Å²) < 4.78 is 1.85. The molecule has 0 aliphatic carbocycles. The van der Waals surface area contributed by atoms with E-state index >= 15 is 0 Å². The van der Waals surface area contributed by atoms with Crippen molar-refractivity contribution in [3.05, 3.63) is 47.2 Å². The highest BCUT2D eigenvalue weighted by molar-refractivity contribution is 7.80. The molecule has 18 heavy (non-hydrogen) atoms. The molecule has 2 aromatic rings. The zero-order chi connectivity index (χ0) is 13.0. The van der Waals surface area contributed by atoms with Crippen LogP contribution in [0.3, 0.4) is 0 Å². The Morgan fingerprint density at radius 2 is 2.28 bits per heavy atom. The van der Waals surface area contributed by atoms with Gasteiger partial charge in [-0.15, -0.1) is 0 Å². The first kappa shape index (κ1) is 12.9. The first-order valence-corrected chi connectivity index (χ1v) is 6.26. The van der Waals surface area contributed by atoms with Crippen molar-refractivity contribution >= 4 is 34.5 Å². The van der Waals surface area contributed by atoms with Gasteiger partial charge in [0.15, 0.2) is 0 Å². The number of nitrogens with one attached hydrogen (secondary N) is 1. The summed E-state index contributed by atoms with van der Waals surface area (Å²) >= 11 is 11.1. The summed E-state index contributed by atoms with van der Waals surface area (Å²) in [6.07, 6.45) is 3.66. The summed E-state index contributed by atoms with van der Waals surface area (Å²) in [5.74, 6) is 0. The van der Waals surface area contributed by atoms with Crippen molar-refractivity contribution in [3.8, 4) is 0 Å². The lowest BCUT2D eigenvalue weighted by Crippen LogP contribution is -2.16. The molecule has 6 heteroatoms. The molecule has 94 valence electrons. The van der Waals surface area contributed by atoms with Gasteiger partial charge >= 0.3 is 0 Å². The second kappa shape index (κ2) is 5.84. The summed E-state index contributed by atoms with van der Waals surface area (Å²) in [6, 6.07) is 7.43. The number of benzene rings is 1. The quantitative estimate of drug-likeness (QED) is 0.825. The maximum atomic E-state index is 6.08. The Labute approximate surface area is 116 Å². The van der Waals surface area contributed by atoms with E-state index in [-0.39, 0.29) is 0 Å². The Morgan fingerprint density at radius 3 is 2.94 bits per heavy atom. The third-order valence-corrected chi connectivity index (χ3v) is 2.99. The Balaban J connectivity index is 2.05. The van der Waals surface area contributed by atoms with Gasteiger partial charge in [-0.2, -0.15) is 5.10 Å². The Morgan fingerprint density at radius 1 is 1.44 bits per heavy atom. The van der Waals surface area contributed by atoms with Crippen LogP contribution in [-0.2, 0) is 6.54 Å². The first-order chi connectivity index (χ1) is 8.68. The molecule has 0 atom stereocenters. The number of thiocarbonyl (C=S) groups is 1. The molecule has 0 unspecified atom stereocenters. The highest BCUT2D eigenvalue weighted by Crippen LogP contribution is 2.24. The van der Waals surface area contributed by atoms with Crippen molar-refractivity contribution < 1.29 is 0 Å². The topological polar surface area (TPSA) is 55.9 Å². The van der Waals surface area contributed by atoms with Crippen molar-refractivity contribution in [1.29, 1.82) is 0 Å². The highest BCUT2D eigenvalue weighted by Gasteiger charge is 2.08. The fraction of sp³-hybridized carbons (Fsp3) is 0.167. The van der Waals surface area contributed by atoms with Crippen LogP contribution in [0.15, 0.2) is 36.7 Å². The summed E-state index contributed by atoms with van der Waals surface area (Å²) in [7, 11) is 0. The first-order valence-electron chi connectivity index (χ1n) is 5.48. The van der Waals surface area contributed by atoms with Gasteiger partial charge in [-0.25, -0.2) is 0 Å². The normalized spacial score (nSPS) is 10.3. The number of anilines is 1. The van der Waals surface area contributed by atoms with Gasteiger partial charge in [0.2, 0.25) is 0 Å². The second-order valence-electron chi connectivity index (χ2n) is 3.72. The molecule has 0 spiro atoms. The maximum Gasteiger partial charge on any atom is 0.107 e. The lowest BCUT2D eigenvalue weighted by Gasteiger charge is -2.12. The van der Waals surface area contributed by atoms with Crippen LogP contribution in [0.4, 0.5) is 5.69 Å². The average Bonchev–Trinajstić information content (AvgIpc) is 2.81. The third kappa shape index (κ3) is 3.00. The molecule has 3 N–H and O–H groups in total. The van der Waals surface area contributed by atoms with E-state index in [1.807, 2.05) is 29.1 Å². The van der Waals surface area contributed by atoms with Crippen LogP contribution in [-0.4, -0.2) is 21.3 Å². The summed E-state index contributed by atoms with van der Waals surface area (Å²) in [5, 5.41) is 7.95. The molecule has 2 rings (SSSR count). The molecule has 0 aliphatic heterocycles. The molecule has 1 aromatic carbocycles. The zero-order valence-electron chi connectivity index (χ0n) is 9.64. The van der Waals surface area contributed by atoms with Crippen molar-refractivity contribution in [3.63, 3.8) is 0 Å². The van der Waals surface area contributed by atoms with Gasteiger partial charge in [-0.1, -0.05) is 29.9 Å². The van der Waals surface area contributed by atoms with E-state index < -0.39 is 0 Å². The monoisotopic (exact) mass is 280 g/mol. The second-order valence-corrected chi connectivity index (χ2v) is 4.57. The van der Waals surface area contributed by atoms with Gasteiger partial charge in [0.05, 0.1) is 17.1 Å². The third-order valence-electron chi connectivity index (χ3n) is 2.48. The number of nitrogens with zero attached hydrogens (tertiary/aromatic N) is 2. The van der Waals surface area contributed by atoms with Crippen LogP contribution in [0.1, 0.15) is 5.56 Å².